The summed E-state index contributed by atoms with van der Waals surface area (Å²) >= 11 is 0. The number of rotatable bonds is 4. The summed E-state index contributed by atoms with van der Waals surface area (Å²) in [6, 6.07) is 66.9. The number of benzene rings is 8. The summed E-state index contributed by atoms with van der Waals surface area (Å²) in [5, 5.41) is 11.7. The van der Waals surface area contributed by atoms with Crippen molar-refractivity contribution in [3.8, 4) is 44.9 Å². The highest BCUT2D eigenvalue weighted by Gasteiger charge is 2.12. The molecule has 12 aromatic rings. The molecule has 0 aliphatic rings. The van der Waals surface area contributed by atoms with Gasteiger partial charge in [0, 0.05) is 44.4 Å². The third kappa shape index (κ3) is 5.38. The van der Waals surface area contributed by atoms with Crippen molar-refractivity contribution in [2.24, 2.45) is 0 Å². The highest BCUT2D eigenvalue weighted by Crippen LogP contribution is 2.36. The molecule has 0 unspecified atom stereocenters. The summed E-state index contributed by atoms with van der Waals surface area (Å²) in [5.74, 6) is 0. The van der Waals surface area contributed by atoms with Crippen molar-refractivity contribution in [2.45, 2.75) is 0 Å². The van der Waals surface area contributed by atoms with Crippen LogP contribution in [0.15, 0.2) is 194 Å². The molecular formula is C54H32N4. The Kier molecular flexibility index (Phi) is 7.20. The van der Waals surface area contributed by atoms with E-state index >= 15 is 0 Å². The first-order valence-electron chi connectivity index (χ1n) is 19.6. The van der Waals surface area contributed by atoms with Gasteiger partial charge in [0.15, 0.2) is 0 Å². The Morgan fingerprint density at radius 2 is 0.828 bits per heavy atom. The summed E-state index contributed by atoms with van der Waals surface area (Å²) in [5.41, 5.74) is 12.2. The van der Waals surface area contributed by atoms with Gasteiger partial charge >= 0.3 is 0 Å². The molecule has 268 valence electrons. The highest BCUT2D eigenvalue weighted by atomic mass is 14.8. The second kappa shape index (κ2) is 12.9. The summed E-state index contributed by atoms with van der Waals surface area (Å²) in [6.45, 7) is 0. The van der Waals surface area contributed by atoms with Crippen LogP contribution in [-0.4, -0.2) is 19.9 Å². The van der Waals surface area contributed by atoms with E-state index < -0.39 is 0 Å². The van der Waals surface area contributed by atoms with Crippen LogP contribution in [0, 0.1) is 0 Å². The molecule has 4 heteroatoms. The summed E-state index contributed by atoms with van der Waals surface area (Å²) in [6.07, 6.45) is 1.83. The van der Waals surface area contributed by atoms with E-state index in [1.165, 1.54) is 21.5 Å². The van der Waals surface area contributed by atoms with Gasteiger partial charge in [-0.25, -0.2) is 15.0 Å². The van der Waals surface area contributed by atoms with E-state index in [9.17, 15) is 0 Å². The summed E-state index contributed by atoms with van der Waals surface area (Å²) in [4.78, 5) is 20.1. The predicted molar refractivity (Wildman–Crippen MR) is 242 cm³/mol. The lowest BCUT2D eigenvalue weighted by molar-refractivity contribution is 1.37. The largest absolute Gasteiger partial charge is 0.254 e. The smallest absolute Gasteiger partial charge is 0.0972 e. The molecule has 4 aromatic heterocycles. The quantitative estimate of drug-likeness (QED) is 0.169. The molecule has 0 aliphatic carbocycles. The van der Waals surface area contributed by atoms with Crippen molar-refractivity contribution in [1.29, 1.82) is 0 Å². The molecule has 58 heavy (non-hydrogen) atoms. The van der Waals surface area contributed by atoms with Gasteiger partial charge in [-0.1, -0.05) is 127 Å². The number of hydrogen-bond acceptors (Lipinski definition) is 4. The van der Waals surface area contributed by atoms with Crippen LogP contribution in [0.4, 0.5) is 0 Å². The molecule has 0 amide bonds. The van der Waals surface area contributed by atoms with Crippen molar-refractivity contribution >= 4 is 75.9 Å². The predicted octanol–water partition coefficient (Wildman–Crippen LogP) is 14.0. The molecule has 0 radical (unpaired) electrons. The zero-order chi connectivity index (χ0) is 38.2. The molecule has 4 heterocycles. The Morgan fingerprint density at radius 3 is 1.67 bits per heavy atom. The third-order valence-electron chi connectivity index (χ3n) is 11.6. The maximum Gasteiger partial charge on any atom is 0.0972 e. The van der Waals surface area contributed by atoms with Crippen LogP contribution in [0.3, 0.4) is 0 Å². The second-order valence-electron chi connectivity index (χ2n) is 15.1. The van der Waals surface area contributed by atoms with E-state index in [2.05, 4.69) is 187 Å². The zero-order valence-electron chi connectivity index (χ0n) is 31.3. The number of nitrogens with zero attached hydrogens (tertiary/aromatic N) is 4. The monoisotopic (exact) mass is 736 g/mol. The van der Waals surface area contributed by atoms with Crippen molar-refractivity contribution < 1.29 is 0 Å². The lowest BCUT2D eigenvalue weighted by atomic mass is 9.95. The number of fused-ring (bicyclic) bond motifs is 9. The molecule has 0 bridgehead atoms. The van der Waals surface area contributed by atoms with Gasteiger partial charge in [0.25, 0.3) is 0 Å². The number of aromatic nitrogens is 4. The van der Waals surface area contributed by atoms with Crippen molar-refractivity contribution in [3.63, 3.8) is 0 Å². The van der Waals surface area contributed by atoms with Crippen molar-refractivity contribution in [1.82, 2.24) is 19.9 Å². The molecule has 0 spiro atoms. The van der Waals surface area contributed by atoms with Gasteiger partial charge in [0.05, 0.1) is 39.1 Å². The average molecular weight is 737 g/mol. The molecule has 4 nitrogen and oxygen atoms in total. The number of pyridine rings is 4. The average Bonchev–Trinajstić information content (AvgIpc) is 3.30. The Hall–Kier alpha value is -7.82. The molecule has 0 saturated carbocycles. The SMILES string of the molecule is c1ccc2c(c1)cc(-c1ccc3cc(-c4ccc5ccc(-c6ccc7cc(-c8ccc9ccc%10cccnc%10c9n8)ccc7c6)nc5c4)ccc3n1)c1ccccc12. The first-order chi connectivity index (χ1) is 28.7. The fraction of sp³-hybridized carbons (Fsp3) is 0. The lowest BCUT2D eigenvalue weighted by Crippen LogP contribution is -1.90. The number of hydrogen-bond donors (Lipinski definition) is 0. The van der Waals surface area contributed by atoms with Crippen LogP contribution in [0.25, 0.3) is 121 Å². The topological polar surface area (TPSA) is 51.6 Å². The van der Waals surface area contributed by atoms with E-state index in [1.807, 2.05) is 12.3 Å². The minimum atomic E-state index is 0.926. The normalized spacial score (nSPS) is 11.8. The molecule has 0 saturated heterocycles. The summed E-state index contributed by atoms with van der Waals surface area (Å²) < 4.78 is 0. The van der Waals surface area contributed by atoms with Gasteiger partial charge in [-0.05, 0) is 104 Å². The van der Waals surface area contributed by atoms with Crippen LogP contribution in [0.5, 0.6) is 0 Å². The van der Waals surface area contributed by atoms with Gasteiger partial charge in [0.1, 0.15) is 0 Å². The maximum absolute atomic E-state index is 5.18. The molecule has 0 atom stereocenters. The molecule has 0 N–H and O–H groups in total. The van der Waals surface area contributed by atoms with Crippen LogP contribution in [0.2, 0.25) is 0 Å². The third-order valence-corrected chi connectivity index (χ3v) is 11.6. The van der Waals surface area contributed by atoms with E-state index in [0.29, 0.717) is 0 Å². The van der Waals surface area contributed by atoms with Crippen LogP contribution in [0.1, 0.15) is 0 Å². The Morgan fingerprint density at radius 1 is 0.276 bits per heavy atom. The molecular weight excluding hydrogens is 705 g/mol. The van der Waals surface area contributed by atoms with E-state index in [1.54, 1.807) is 0 Å². The lowest BCUT2D eigenvalue weighted by Gasteiger charge is -2.12. The Balaban J connectivity index is 0.856. The van der Waals surface area contributed by atoms with Gasteiger partial charge in [0.2, 0.25) is 0 Å². The van der Waals surface area contributed by atoms with Crippen molar-refractivity contribution in [3.05, 3.63) is 194 Å². The Labute approximate surface area is 333 Å². The fourth-order valence-corrected chi connectivity index (χ4v) is 8.63. The molecule has 0 fully saturated rings. The standard InChI is InChI=1S/C54H32N4/c1-2-8-44-40(6-1)31-47(46-10-4-3-9-45(44)46)51-26-22-43-30-38(21-25-48(43)56-51)39-14-11-33-19-23-49(57-52(33)32-39)41-17-15-37-29-42(18-16-36(37)28-41)50-24-20-35-13-12-34-7-5-27-55-53(34)54(35)58-50/h1-32H. The van der Waals surface area contributed by atoms with Gasteiger partial charge in [-0.3, -0.25) is 4.98 Å². The minimum Gasteiger partial charge on any atom is -0.254 e. The van der Waals surface area contributed by atoms with Gasteiger partial charge in [-0.2, -0.15) is 0 Å². The zero-order valence-corrected chi connectivity index (χ0v) is 31.3. The van der Waals surface area contributed by atoms with Gasteiger partial charge < -0.3 is 0 Å². The van der Waals surface area contributed by atoms with E-state index in [0.717, 1.165) is 99.3 Å². The first kappa shape index (κ1) is 32.4. The highest BCUT2D eigenvalue weighted by molar-refractivity contribution is 6.13. The van der Waals surface area contributed by atoms with E-state index in [4.69, 9.17) is 15.0 Å². The van der Waals surface area contributed by atoms with Crippen LogP contribution >= 0.6 is 0 Å². The second-order valence-corrected chi connectivity index (χ2v) is 15.1. The molecule has 12 rings (SSSR count). The first-order valence-corrected chi connectivity index (χ1v) is 19.6. The fourth-order valence-electron chi connectivity index (χ4n) is 8.63. The molecule has 8 aromatic carbocycles. The summed E-state index contributed by atoms with van der Waals surface area (Å²) in [7, 11) is 0. The van der Waals surface area contributed by atoms with Gasteiger partial charge in [-0.15, -0.1) is 0 Å². The molecule has 0 aliphatic heterocycles. The van der Waals surface area contributed by atoms with Crippen LogP contribution in [-0.2, 0) is 0 Å². The Bertz CT molecular complexity index is 3650. The van der Waals surface area contributed by atoms with Crippen LogP contribution < -0.4 is 0 Å². The minimum absolute atomic E-state index is 0.926. The van der Waals surface area contributed by atoms with E-state index in [-0.39, 0.29) is 0 Å². The maximum atomic E-state index is 5.18. The van der Waals surface area contributed by atoms with Crippen molar-refractivity contribution in [2.75, 3.05) is 0 Å².